The second-order valence-electron chi connectivity index (χ2n) is 2.95. The number of nitrogens with two attached hydrogens (primary N) is 1. The number of anilines is 1. The van der Waals surface area contributed by atoms with Crippen LogP contribution < -0.4 is 5.73 Å². The van der Waals surface area contributed by atoms with Gasteiger partial charge in [0.2, 0.25) is 0 Å². The van der Waals surface area contributed by atoms with E-state index in [0.717, 1.165) is 11.3 Å². The van der Waals surface area contributed by atoms with Crippen LogP contribution in [0.4, 0.5) is 5.69 Å². The van der Waals surface area contributed by atoms with Gasteiger partial charge in [0.05, 0.1) is 0 Å². The van der Waals surface area contributed by atoms with Gasteiger partial charge >= 0.3 is 0 Å². The van der Waals surface area contributed by atoms with Crippen molar-refractivity contribution in [3.63, 3.8) is 0 Å². The average molecular weight is 302 g/mol. The monoisotopic (exact) mass is 302 g/mol. The SMILES string of the molecule is Nc1ccccc1-c1ccccc1.[Cs]. The molecule has 1 nitrogen and oxygen atoms in total. The fraction of sp³-hybridized carbons (Fsp3) is 0. The van der Waals surface area contributed by atoms with E-state index in [-0.39, 0.29) is 68.9 Å². The van der Waals surface area contributed by atoms with Gasteiger partial charge in [-0.2, -0.15) is 0 Å². The molecule has 0 aliphatic heterocycles. The molecule has 0 unspecified atom stereocenters. The molecule has 0 aliphatic carbocycles. The molecule has 2 N–H and O–H groups in total. The van der Waals surface area contributed by atoms with Gasteiger partial charge < -0.3 is 5.73 Å². The maximum absolute atomic E-state index is 5.85. The molecule has 2 aromatic rings. The van der Waals surface area contributed by atoms with Crippen molar-refractivity contribution in [2.45, 2.75) is 0 Å². The Morgan fingerprint density at radius 2 is 1.29 bits per heavy atom. The maximum atomic E-state index is 5.85. The standard InChI is InChI=1S/C12H11N.Cs/c13-12-9-5-4-8-11(12)10-6-2-1-3-7-10;/h1-9H,13H2;. The molecular formula is C12H11CsN. The first-order chi connectivity index (χ1) is 6.38. The predicted molar refractivity (Wildman–Crippen MR) is 62.0 cm³/mol. The molecule has 0 bridgehead atoms. The number of nitrogen functional groups attached to an aromatic ring is 1. The van der Waals surface area contributed by atoms with Gasteiger partial charge in [-0.05, 0) is 11.6 Å². The van der Waals surface area contributed by atoms with Crippen molar-refractivity contribution >= 4 is 74.6 Å². The van der Waals surface area contributed by atoms with Crippen molar-refractivity contribution in [3.8, 4) is 11.1 Å². The number of rotatable bonds is 1. The minimum atomic E-state index is 0. The van der Waals surface area contributed by atoms with Gasteiger partial charge in [-0.3, -0.25) is 0 Å². The molecule has 0 aromatic heterocycles. The molecule has 1 radical (unpaired) electrons. The summed E-state index contributed by atoms with van der Waals surface area (Å²) >= 11 is 0. The molecule has 2 heteroatoms. The normalized spacial score (nSPS) is 9.14. The van der Waals surface area contributed by atoms with E-state index in [1.54, 1.807) is 0 Å². The topological polar surface area (TPSA) is 26.0 Å². The zero-order valence-electron chi connectivity index (χ0n) is 8.27. The Kier molecular flexibility index (Phi) is 5.30. The second kappa shape index (κ2) is 6.00. The molecule has 0 amide bonds. The number of hydrogen-bond donors (Lipinski definition) is 1. The summed E-state index contributed by atoms with van der Waals surface area (Å²) in [6, 6.07) is 18.1. The predicted octanol–water partition coefficient (Wildman–Crippen LogP) is 2.56. The summed E-state index contributed by atoms with van der Waals surface area (Å²) in [6.07, 6.45) is 0. The molecule has 2 rings (SSSR count). The van der Waals surface area contributed by atoms with E-state index in [0.29, 0.717) is 0 Å². The molecule has 0 saturated carbocycles. The van der Waals surface area contributed by atoms with Crippen LogP contribution in [0.2, 0.25) is 0 Å². The quantitative estimate of drug-likeness (QED) is 0.805. The number of hydrogen-bond acceptors (Lipinski definition) is 1. The van der Waals surface area contributed by atoms with Crippen LogP contribution in [-0.2, 0) is 0 Å². The van der Waals surface area contributed by atoms with Gasteiger partial charge in [0.25, 0.3) is 0 Å². The first-order valence-electron chi connectivity index (χ1n) is 4.28. The van der Waals surface area contributed by atoms with Crippen molar-refractivity contribution in [1.82, 2.24) is 0 Å². The molecule has 0 spiro atoms. The Balaban J connectivity index is 0.000000980. The summed E-state index contributed by atoms with van der Waals surface area (Å²) in [7, 11) is 0. The third-order valence-corrected chi connectivity index (χ3v) is 2.05. The fourth-order valence-electron chi connectivity index (χ4n) is 1.38. The Labute approximate surface area is 143 Å². The Morgan fingerprint density at radius 3 is 1.93 bits per heavy atom. The summed E-state index contributed by atoms with van der Waals surface area (Å²) in [5.74, 6) is 0. The first kappa shape index (κ1) is 12.4. The van der Waals surface area contributed by atoms with E-state index in [1.807, 2.05) is 42.5 Å². The zero-order chi connectivity index (χ0) is 9.10. The van der Waals surface area contributed by atoms with Crippen LogP contribution in [-0.4, -0.2) is 68.9 Å². The minimum absolute atomic E-state index is 0. The summed E-state index contributed by atoms with van der Waals surface area (Å²) in [6.45, 7) is 0. The van der Waals surface area contributed by atoms with Gasteiger partial charge in [-0.1, -0.05) is 48.5 Å². The van der Waals surface area contributed by atoms with Gasteiger partial charge in [0.15, 0.2) is 0 Å². The van der Waals surface area contributed by atoms with Gasteiger partial charge in [0.1, 0.15) is 0 Å². The van der Waals surface area contributed by atoms with Gasteiger partial charge in [-0.25, -0.2) is 0 Å². The maximum Gasteiger partial charge on any atom is 0.0393 e. The van der Waals surface area contributed by atoms with Crippen LogP contribution in [0.25, 0.3) is 11.1 Å². The van der Waals surface area contributed by atoms with Crippen LogP contribution in [0.15, 0.2) is 54.6 Å². The van der Waals surface area contributed by atoms with E-state index in [4.69, 9.17) is 5.73 Å². The second-order valence-corrected chi connectivity index (χ2v) is 2.95. The van der Waals surface area contributed by atoms with Crippen LogP contribution in [0.1, 0.15) is 0 Å². The third kappa shape index (κ3) is 2.89. The van der Waals surface area contributed by atoms with E-state index < -0.39 is 0 Å². The third-order valence-electron chi connectivity index (χ3n) is 2.05. The van der Waals surface area contributed by atoms with Crippen molar-refractivity contribution in [3.05, 3.63) is 54.6 Å². The molecule has 0 heterocycles. The molecule has 0 fully saturated rings. The largest absolute Gasteiger partial charge is 0.398 e. The zero-order valence-corrected chi connectivity index (χ0v) is 14.6. The number of benzene rings is 2. The van der Waals surface area contributed by atoms with Crippen molar-refractivity contribution in [1.29, 1.82) is 0 Å². The molecule has 0 atom stereocenters. The smallest absolute Gasteiger partial charge is 0.0393 e. The van der Waals surface area contributed by atoms with Crippen LogP contribution >= 0.6 is 0 Å². The molecule has 0 saturated heterocycles. The van der Waals surface area contributed by atoms with Crippen LogP contribution in [0, 0.1) is 0 Å². The Bertz CT molecular complexity index is 398. The van der Waals surface area contributed by atoms with Crippen molar-refractivity contribution in [2.75, 3.05) is 5.73 Å². The van der Waals surface area contributed by atoms with E-state index in [2.05, 4.69) is 12.1 Å². The minimum Gasteiger partial charge on any atom is -0.398 e. The first-order valence-corrected chi connectivity index (χ1v) is 4.28. The van der Waals surface area contributed by atoms with Crippen molar-refractivity contribution < 1.29 is 0 Å². The fourth-order valence-corrected chi connectivity index (χ4v) is 1.38. The molecule has 65 valence electrons. The molecule has 2 aromatic carbocycles. The summed E-state index contributed by atoms with van der Waals surface area (Å²) < 4.78 is 0. The van der Waals surface area contributed by atoms with Crippen LogP contribution in [0.5, 0.6) is 0 Å². The molecular weight excluding hydrogens is 291 g/mol. The summed E-state index contributed by atoms with van der Waals surface area (Å²) in [4.78, 5) is 0. The van der Waals surface area contributed by atoms with Crippen molar-refractivity contribution in [2.24, 2.45) is 0 Å². The van der Waals surface area contributed by atoms with E-state index in [1.165, 1.54) is 5.56 Å². The Hall–Kier alpha value is 0.292. The molecule has 14 heavy (non-hydrogen) atoms. The van der Waals surface area contributed by atoms with Gasteiger partial charge in [-0.15, -0.1) is 0 Å². The average Bonchev–Trinajstić information content (AvgIpc) is 2.20. The summed E-state index contributed by atoms with van der Waals surface area (Å²) in [5, 5.41) is 0. The Morgan fingerprint density at radius 1 is 0.714 bits per heavy atom. The van der Waals surface area contributed by atoms with E-state index in [9.17, 15) is 0 Å². The van der Waals surface area contributed by atoms with Gasteiger partial charge in [0, 0.05) is 80.1 Å². The summed E-state index contributed by atoms with van der Waals surface area (Å²) in [5.41, 5.74) is 8.95. The van der Waals surface area contributed by atoms with E-state index >= 15 is 0 Å². The number of para-hydroxylation sites is 1. The van der Waals surface area contributed by atoms with Crippen LogP contribution in [0.3, 0.4) is 0 Å². The molecule has 0 aliphatic rings.